The van der Waals surface area contributed by atoms with Gasteiger partial charge < -0.3 is 19.5 Å². The Hall–Kier alpha value is -3.12. The Bertz CT molecular complexity index is 966. The van der Waals surface area contributed by atoms with Crippen molar-refractivity contribution < 1.29 is 18.6 Å². The largest absolute Gasteiger partial charge is 0.493 e. The molecule has 2 heterocycles. The van der Waals surface area contributed by atoms with E-state index in [2.05, 4.69) is 10.3 Å². The minimum Gasteiger partial charge on any atom is -0.493 e. The van der Waals surface area contributed by atoms with Gasteiger partial charge in [-0.05, 0) is 53.6 Å². The molecule has 0 saturated carbocycles. The van der Waals surface area contributed by atoms with Crippen LogP contribution < -0.4 is 19.5 Å². The monoisotopic (exact) mass is 394 g/mol. The zero-order valence-corrected chi connectivity index (χ0v) is 16.2. The van der Waals surface area contributed by atoms with Crippen molar-refractivity contribution in [2.75, 3.05) is 13.7 Å². The number of benzene rings is 2. The molecule has 1 aliphatic rings. The van der Waals surface area contributed by atoms with Crippen LogP contribution in [0.3, 0.4) is 0 Å². The Morgan fingerprint density at radius 3 is 2.76 bits per heavy atom. The number of hydrogen-bond donors (Lipinski definition) is 1. The van der Waals surface area contributed by atoms with Gasteiger partial charge in [0.05, 0.1) is 13.7 Å². The van der Waals surface area contributed by atoms with Crippen molar-refractivity contribution in [2.24, 2.45) is 0 Å². The molecular formula is C23H23FN2O3. The standard InChI is InChI=1S/C23H23FN2O3/c1-27-23-12-17(2-4-22(23)29-15-16-6-9-25-10-7-16)14-26-20-8-11-28-21-5-3-18(24)13-19(20)21/h2-7,9-10,12-13,20,26H,8,11,14-15H2,1H3. The summed E-state index contributed by atoms with van der Waals surface area (Å²) in [5.74, 6) is 1.86. The molecule has 1 N–H and O–H groups in total. The maximum atomic E-state index is 13.7. The van der Waals surface area contributed by atoms with Gasteiger partial charge in [0.25, 0.3) is 0 Å². The van der Waals surface area contributed by atoms with Crippen LogP contribution in [0.5, 0.6) is 17.2 Å². The van der Waals surface area contributed by atoms with E-state index in [1.54, 1.807) is 31.6 Å². The van der Waals surface area contributed by atoms with Crippen LogP contribution in [0.1, 0.15) is 29.2 Å². The van der Waals surface area contributed by atoms with Gasteiger partial charge in [0.15, 0.2) is 11.5 Å². The summed E-state index contributed by atoms with van der Waals surface area (Å²) < 4.78 is 30.7. The number of fused-ring (bicyclic) bond motifs is 1. The number of methoxy groups -OCH3 is 1. The number of pyridine rings is 1. The molecule has 29 heavy (non-hydrogen) atoms. The van der Waals surface area contributed by atoms with Crippen LogP contribution in [-0.4, -0.2) is 18.7 Å². The molecule has 1 atom stereocenters. The van der Waals surface area contributed by atoms with E-state index >= 15 is 0 Å². The number of aromatic nitrogens is 1. The molecule has 0 aliphatic carbocycles. The predicted molar refractivity (Wildman–Crippen MR) is 108 cm³/mol. The maximum absolute atomic E-state index is 13.7. The molecular weight excluding hydrogens is 371 g/mol. The first-order valence-electron chi connectivity index (χ1n) is 9.57. The van der Waals surface area contributed by atoms with Gasteiger partial charge in [-0.3, -0.25) is 4.98 Å². The zero-order chi connectivity index (χ0) is 20.1. The lowest BCUT2D eigenvalue weighted by Crippen LogP contribution is -2.26. The highest BCUT2D eigenvalue weighted by molar-refractivity contribution is 5.43. The summed E-state index contributed by atoms with van der Waals surface area (Å²) >= 11 is 0. The molecule has 5 nitrogen and oxygen atoms in total. The summed E-state index contributed by atoms with van der Waals surface area (Å²) in [6.45, 7) is 1.68. The minimum atomic E-state index is -0.251. The van der Waals surface area contributed by atoms with Crippen molar-refractivity contribution in [1.29, 1.82) is 0 Å². The van der Waals surface area contributed by atoms with Crippen molar-refractivity contribution >= 4 is 0 Å². The molecule has 2 aromatic carbocycles. The number of nitrogens with one attached hydrogen (secondary N) is 1. The zero-order valence-electron chi connectivity index (χ0n) is 16.2. The van der Waals surface area contributed by atoms with Crippen LogP contribution >= 0.6 is 0 Å². The number of halogens is 1. The Morgan fingerprint density at radius 1 is 1.07 bits per heavy atom. The Morgan fingerprint density at radius 2 is 1.93 bits per heavy atom. The SMILES string of the molecule is COc1cc(CNC2CCOc3ccc(F)cc32)ccc1OCc1ccncc1. The Kier molecular flexibility index (Phi) is 5.91. The third-order valence-corrected chi connectivity index (χ3v) is 4.94. The summed E-state index contributed by atoms with van der Waals surface area (Å²) in [4.78, 5) is 4.01. The predicted octanol–water partition coefficient (Wildman–Crippen LogP) is 4.42. The highest BCUT2D eigenvalue weighted by Crippen LogP contribution is 2.33. The van der Waals surface area contributed by atoms with E-state index in [1.807, 2.05) is 30.3 Å². The second-order valence-corrected chi connectivity index (χ2v) is 6.88. The lowest BCUT2D eigenvalue weighted by atomic mass is 10.00. The number of ether oxygens (including phenoxy) is 3. The quantitative estimate of drug-likeness (QED) is 0.643. The van der Waals surface area contributed by atoms with Crippen molar-refractivity contribution in [2.45, 2.75) is 25.6 Å². The van der Waals surface area contributed by atoms with E-state index in [4.69, 9.17) is 14.2 Å². The molecule has 1 aliphatic heterocycles. The van der Waals surface area contributed by atoms with E-state index < -0.39 is 0 Å². The van der Waals surface area contributed by atoms with Gasteiger partial charge in [0.1, 0.15) is 18.2 Å². The van der Waals surface area contributed by atoms with Crippen molar-refractivity contribution in [3.8, 4) is 17.2 Å². The molecule has 6 heteroatoms. The van der Waals surface area contributed by atoms with Crippen LogP contribution in [0.4, 0.5) is 4.39 Å². The lowest BCUT2D eigenvalue weighted by molar-refractivity contribution is 0.251. The van der Waals surface area contributed by atoms with Gasteiger partial charge in [0, 0.05) is 37.0 Å². The van der Waals surface area contributed by atoms with Gasteiger partial charge in [-0.2, -0.15) is 0 Å². The fourth-order valence-electron chi connectivity index (χ4n) is 3.40. The van der Waals surface area contributed by atoms with Crippen molar-refractivity contribution in [1.82, 2.24) is 10.3 Å². The van der Waals surface area contributed by atoms with Crippen LogP contribution in [0.2, 0.25) is 0 Å². The molecule has 3 aromatic rings. The third kappa shape index (κ3) is 4.66. The van der Waals surface area contributed by atoms with Crippen LogP contribution in [-0.2, 0) is 13.2 Å². The van der Waals surface area contributed by atoms with Gasteiger partial charge >= 0.3 is 0 Å². The smallest absolute Gasteiger partial charge is 0.161 e. The van der Waals surface area contributed by atoms with Gasteiger partial charge in [-0.1, -0.05) is 6.07 Å². The molecule has 150 valence electrons. The molecule has 0 amide bonds. The van der Waals surface area contributed by atoms with E-state index in [0.29, 0.717) is 31.3 Å². The van der Waals surface area contributed by atoms with Gasteiger partial charge in [0.2, 0.25) is 0 Å². The van der Waals surface area contributed by atoms with Gasteiger partial charge in [-0.25, -0.2) is 4.39 Å². The highest BCUT2D eigenvalue weighted by atomic mass is 19.1. The van der Waals surface area contributed by atoms with Crippen LogP contribution in [0.25, 0.3) is 0 Å². The molecule has 4 rings (SSSR count). The first-order valence-corrected chi connectivity index (χ1v) is 9.57. The summed E-state index contributed by atoms with van der Waals surface area (Å²) in [6.07, 6.45) is 4.27. The average molecular weight is 394 g/mol. The van der Waals surface area contributed by atoms with Crippen LogP contribution in [0, 0.1) is 5.82 Å². The molecule has 1 aromatic heterocycles. The second-order valence-electron chi connectivity index (χ2n) is 6.88. The first kappa shape index (κ1) is 19.2. The fourth-order valence-corrected chi connectivity index (χ4v) is 3.40. The molecule has 0 bridgehead atoms. The van der Waals surface area contributed by atoms with E-state index in [0.717, 1.165) is 28.9 Å². The molecule has 0 saturated heterocycles. The van der Waals surface area contributed by atoms with Crippen LogP contribution in [0.15, 0.2) is 60.9 Å². The summed E-state index contributed by atoms with van der Waals surface area (Å²) in [5.41, 5.74) is 2.96. The minimum absolute atomic E-state index is 0.0445. The topological polar surface area (TPSA) is 52.6 Å². The average Bonchev–Trinajstić information content (AvgIpc) is 2.77. The third-order valence-electron chi connectivity index (χ3n) is 4.94. The molecule has 0 fully saturated rings. The van der Waals surface area contributed by atoms with Crippen molar-refractivity contribution in [3.63, 3.8) is 0 Å². The van der Waals surface area contributed by atoms with E-state index in [-0.39, 0.29) is 11.9 Å². The van der Waals surface area contributed by atoms with Crippen molar-refractivity contribution in [3.05, 3.63) is 83.4 Å². The summed E-state index contributed by atoms with van der Waals surface area (Å²) in [6, 6.07) is 14.4. The number of nitrogens with zero attached hydrogens (tertiary/aromatic N) is 1. The molecule has 1 unspecified atom stereocenters. The maximum Gasteiger partial charge on any atom is 0.161 e. The Balaban J connectivity index is 1.42. The first-order chi connectivity index (χ1) is 14.2. The van der Waals surface area contributed by atoms with Gasteiger partial charge in [-0.15, -0.1) is 0 Å². The fraction of sp³-hybridized carbons (Fsp3) is 0.261. The lowest BCUT2D eigenvalue weighted by Gasteiger charge is -2.27. The molecule has 0 spiro atoms. The highest BCUT2D eigenvalue weighted by Gasteiger charge is 2.21. The summed E-state index contributed by atoms with van der Waals surface area (Å²) in [7, 11) is 1.63. The number of rotatable bonds is 7. The summed E-state index contributed by atoms with van der Waals surface area (Å²) in [5, 5.41) is 3.50. The number of hydrogen-bond acceptors (Lipinski definition) is 5. The van der Waals surface area contributed by atoms with E-state index in [9.17, 15) is 4.39 Å². The Labute approximate surface area is 169 Å². The molecule has 0 radical (unpaired) electrons. The van der Waals surface area contributed by atoms with E-state index in [1.165, 1.54) is 6.07 Å². The normalized spacial score (nSPS) is 15.3. The second kappa shape index (κ2) is 8.92.